The minimum Gasteiger partial charge on any atom is -0.748 e. The molecule has 2 aromatic rings. The van der Waals surface area contributed by atoms with Gasteiger partial charge in [-0.3, -0.25) is 0 Å². The average Bonchev–Trinajstić information content (AvgIpc) is 3.23. The third kappa shape index (κ3) is 10.7. The summed E-state index contributed by atoms with van der Waals surface area (Å²) in [6.45, 7) is 5.79. The van der Waals surface area contributed by atoms with Crippen molar-refractivity contribution in [1.29, 1.82) is 0 Å². The number of hydrogen-bond donors (Lipinski definition) is 0. The van der Waals surface area contributed by atoms with Crippen LogP contribution in [0.4, 0.5) is 4.79 Å². The molecule has 0 aliphatic carbocycles. The largest absolute Gasteiger partial charge is 0.748 e. The van der Waals surface area contributed by atoms with Gasteiger partial charge in [0.1, 0.15) is 5.75 Å². The van der Waals surface area contributed by atoms with Crippen molar-refractivity contribution in [1.82, 2.24) is 0 Å². The van der Waals surface area contributed by atoms with Crippen molar-refractivity contribution in [3.63, 3.8) is 0 Å². The van der Waals surface area contributed by atoms with Crippen LogP contribution in [-0.2, 0) is 30.5 Å². The summed E-state index contributed by atoms with van der Waals surface area (Å²) in [6, 6.07) is 14.9. The monoisotopic (exact) mass is 510 g/mol. The van der Waals surface area contributed by atoms with Crippen LogP contribution in [0.2, 0.25) is 0 Å². The summed E-state index contributed by atoms with van der Waals surface area (Å²) in [5.41, 5.74) is 0. The molecule has 0 aromatic heterocycles. The molecule has 0 saturated carbocycles. The lowest BCUT2D eigenvalue weighted by atomic mass is 10.1. The van der Waals surface area contributed by atoms with Crippen LogP contribution in [0.15, 0.2) is 47.4 Å². The quantitative estimate of drug-likeness (QED) is 0.167. The number of benzene rings is 2. The van der Waals surface area contributed by atoms with Crippen LogP contribution in [0, 0.1) is 0 Å². The van der Waals surface area contributed by atoms with Crippen molar-refractivity contribution in [3.05, 3.63) is 42.5 Å². The van der Waals surface area contributed by atoms with Crippen LogP contribution in [0.1, 0.15) is 65.7 Å². The summed E-state index contributed by atoms with van der Waals surface area (Å²) >= 11 is 0. The van der Waals surface area contributed by atoms with Gasteiger partial charge in [0.05, 0.1) is 16.2 Å². The molecule has 2 atom stereocenters. The first-order chi connectivity index (χ1) is 16.2. The zero-order valence-electron chi connectivity index (χ0n) is 20.5. The van der Waals surface area contributed by atoms with Crippen molar-refractivity contribution >= 4 is 37.9 Å². The van der Waals surface area contributed by atoms with Gasteiger partial charge >= 0.3 is 6.16 Å². The van der Waals surface area contributed by atoms with Gasteiger partial charge in [-0.15, -0.1) is 0 Å². The number of carbonyl (C=O) groups is 1. The highest BCUT2D eigenvalue weighted by molar-refractivity contribution is 7.97. The van der Waals surface area contributed by atoms with E-state index in [1.54, 1.807) is 0 Å². The van der Waals surface area contributed by atoms with Gasteiger partial charge in [0, 0.05) is 28.5 Å². The summed E-state index contributed by atoms with van der Waals surface area (Å²) in [6.07, 6.45) is 6.18. The number of fused-ring (bicyclic) bond motifs is 1. The Balaban J connectivity index is 0.000000292. The van der Waals surface area contributed by atoms with Gasteiger partial charge < -0.3 is 14.0 Å². The van der Waals surface area contributed by atoms with Gasteiger partial charge in [0.2, 0.25) is 0 Å². The number of ether oxygens (including phenoxy) is 2. The molecule has 1 aliphatic heterocycles. The molecule has 1 fully saturated rings. The Bertz CT molecular complexity index is 984. The molecule has 3 rings (SSSR count). The second kappa shape index (κ2) is 14.6. The number of hydrogen-bond acceptors (Lipinski definition) is 6. The molecule has 0 radical (unpaired) electrons. The minimum absolute atomic E-state index is 0.0199. The molecular formula is C26H38O6S2. The van der Waals surface area contributed by atoms with E-state index < -0.39 is 16.3 Å². The van der Waals surface area contributed by atoms with E-state index in [0.717, 1.165) is 37.2 Å². The second-order valence-corrected chi connectivity index (χ2v) is 12.5. The number of carbonyl (C=O) groups excluding carboxylic acids is 1. The van der Waals surface area contributed by atoms with Crippen LogP contribution in [0.3, 0.4) is 0 Å². The van der Waals surface area contributed by atoms with E-state index in [2.05, 4.69) is 49.4 Å². The highest BCUT2D eigenvalue weighted by Crippen LogP contribution is 2.30. The molecule has 34 heavy (non-hydrogen) atoms. The van der Waals surface area contributed by atoms with Crippen molar-refractivity contribution in [2.45, 2.75) is 82.8 Å². The predicted molar refractivity (Wildman–Crippen MR) is 138 cm³/mol. The lowest BCUT2D eigenvalue weighted by Crippen LogP contribution is -2.22. The van der Waals surface area contributed by atoms with Crippen LogP contribution in [-0.4, -0.2) is 48.6 Å². The summed E-state index contributed by atoms with van der Waals surface area (Å²) in [7, 11) is -3.82. The average molecular weight is 511 g/mol. The molecule has 2 unspecified atom stereocenters. The Labute approximate surface area is 207 Å². The third-order valence-corrected chi connectivity index (χ3v) is 8.75. The number of unbranched alkanes of at least 4 members (excludes halogenated alkanes) is 5. The zero-order valence-corrected chi connectivity index (χ0v) is 22.2. The van der Waals surface area contributed by atoms with Crippen molar-refractivity contribution < 1.29 is 27.2 Å². The molecule has 1 heterocycles. The Morgan fingerprint density at radius 3 is 2.44 bits per heavy atom. The summed E-state index contributed by atoms with van der Waals surface area (Å²) in [4.78, 5) is 13.0. The SMILES string of the molecule is CC(C)OC(=O)OC1CC[S+](c2cccc3ccccc23)C1.CCCCCCCCS(=O)(=O)[O-]. The van der Waals surface area contributed by atoms with Crippen molar-refractivity contribution in [2.75, 3.05) is 17.3 Å². The van der Waals surface area contributed by atoms with Crippen LogP contribution in [0.25, 0.3) is 10.8 Å². The smallest absolute Gasteiger partial charge is 0.508 e. The molecule has 0 amide bonds. The topological polar surface area (TPSA) is 92.7 Å². The maximum absolute atomic E-state index is 11.6. The molecule has 2 aromatic carbocycles. The maximum Gasteiger partial charge on any atom is 0.508 e. The fourth-order valence-electron chi connectivity index (χ4n) is 3.82. The highest BCUT2D eigenvalue weighted by Gasteiger charge is 2.38. The summed E-state index contributed by atoms with van der Waals surface area (Å²) in [5.74, 6) is 1.79. The van der Waals surface area contributed by atoms with E-state index in [1.165, 1.54) is 28.5 Å². The summed E-state index contributed by atoms with van der Waals surface area (Å²) < 4.78 is 41.0. The van der Waals surface area contributed by atoms with Crippen LogP contribution >= 0.6 is 0 Å². The van der Waals surface area contributed by atoms with Gasteiger partial charge in [-0.2, -0.15) is 0 Å². The van der Waals surface area contributed by atoms with E-state index in [0.29, 0.717) is 6.42 Å². The molecule has 190 valence electrons. The minimum atomic E-state index is -3.97. The first-order valence-corrected chi connectivity index (χ1v) is 15.3. The van der Waals surface area contributed by atoms with E-state index in [4.69, 9.17) is 9.47 Å². The van der Waals surface area contributed by atoms with E-state index >= 15 is 0 Å². The Hall–Kier alpha value is -1.77. The standard InChI is InChI=1S/C18H21O3S.C8H18O3S/c1-13(2)20-18(19)21-15-10-11-22(12-15)17-9-5-7-14-6-3-4-8-16(14)17;1-2-3-4-5-6-7-8-12(9,10)11/h3-9,13,15H,10-12H2,1-2H3;2-8H2,1H3,(H,9,10,11)/q+1;/p-1. The lowest BCUT2D eigenvalue weighted by molar-refractivity contribution is 0.0140. The van der Waals surface area contributed by atoms with E-state index in [9.17, 15) is 17.8 Å². The van der Waals surface area contributed by atoms with Gasteiger partial charge in [-0.1, -0.05) is 69.4 Å². The van der Waals surface area contributed by atoms with Gasteiger partial charge in [0.15, 0.2) is 16.8 Å². The summed E-state index contributed by atoms with van der Waals surface area (Å²) in [5, 5.41) is 2.59. The van der Waals surface area contributed by atoms with Gasteiger partial charge in [-0.05, 0) is 37.8 Å². The number of rotatable bonds is 10. The molecule has 0 spiro atoms. The highest BCUT2D eigenvalue weighted by atomic mass is 32.2. The molecule has 1 saturated heterocycles. The molecular weight excluding hydrogens is 472 g/mol. The van der Waals surface area contributed by atoms with E-state index in [1.807, 2.05) is 13.8 Å². The maximum atomic E-state index is 11.6. The van der Waals surface area contributed by atoms with Gasteiger partial charge in [-0.25, -0.2) is 13.2 Å². The zero-order chi connectivity index (χ0) is 25.0. The fraction of sp³-hybridized carbons (Fsp3) is 0.577. The normalized spacial score (nSPS) is 17.9. The second-order valence-electron chi connectivity index (χ2n) is 8.82. The predicted octanol–water partition coefficient (Wildman–Crippen LogP) is 6.04. The third-order valence-electron chi connectivity index (χ3n) is 5.48. The first kappa shape index (κ1) is 28.5. The van der Waals surface area contributed by atoms with E-state index in [-0.39, 0.29) is 28.9 Å². The molecule has 8 heteroatoms. The van der Waals surface area contributed by atoms with Crippen molar-refractivity contribution in [3.8, 4) is 0 Å². The lowest BCUT2D eigenvalue weighted by Gasteiger charge is -2.11. The van der Waals surface area contributed by atoms with Crippen LogP contribution < -0.4 is 0 Å². The molecule has 0 N–H and O–H groups in total. The fourth-order valence-corrected chi connectivity index (χ4v) is 6.94. The molecule has 6 nitrogen and oxygen atoms in total. The molecule has 1 aliphatic rings. The Morgan fingerprint density at radius 1 is 1.06 bits per heavy atom. The molecule has 0 bridgehead atoms. The Kier molecular flexibility index (Phi) is 12.2. The first-order valence-electron chi connectivity index (χ1n) is 12.2. The Morgan fingerprint density at radius 2 is 1.74 bits per heavy atom. The van der Waals surface area contributed by atoms with Crippen LogP contribution in [0.5, 0.6) is 0 Å². The van der Waals surface area contributed by atoms with Crippen molar-refractivity contribution in [2.24, 2.45) is 0 Å². The van der Waals surface area contributed by atoms with Gasteiger partial charge in [0.25, 0.3) is 0 Å².